The van der Waals surface area contributed by atoms with Crippen LogP contribution in [0.2, 0.25) is 0 Å². The largest absolute Gasteiger partial charge is 2.00 e. The molecule has 0 aromatic carbocycles. The first-order valence-electron chi connectivity index (χ1n) is 2.68. The fraction of sp³-hybridized carbons (Fsp3) is 0.333. The Kier molecular flexibility index (Phi) is 8.97. The number of carbonyl (C=O) groups is 2. The maximum atomic E-state index is 10.3. The SMILES string of the molecule is C=CC(=O)OCCC(=O)O.[H-].[H-].[Mg+2]. The molecule has 60 valence electrons. The third kappa shape index (κ3) is 9.45. The third-order valence-electron chi connectivity index (χ3n) is 0.727. The van der Waals surface area contributed by atoms with E-state index in [0.29, 0.717) is 0 Å². The van der Waals surface area contributed by atoms with E-state index in [4.69, 9.17) is 5.11 Å². The molecule has 0 radical (unpaired) electrons. The smallest absolute Gasteiger partial charge is 1.00 e. The summed E-state index contributed by atoms with van der Waals surface area (Å²) in [4.78, 5) is 20.1. The van der Waals surface area contributed by atoms with Crippen molar-refractivity contribution in [1.82, 2.24) is 0 Å². The molecule has 0 fully saturated rings. The number of aliphatic carboxylic acids is 1. The zero-order chi connectivity index (χ0) is 7.98. The van der Waals surface area contributed by atoms with Crippen molar-refractivity contribution < 1.29 is 22.3 Å². The van der Waals surface area contributed by atoms with E-state index in [0.717, 1.165) is 6.08 Å². The molecule has 0 aliphatic rings. The van der Waals surface area contributed by atoms with Crippen molar-refractivity contribution in [2.24, 2.45) is 0 Å². The minimum absolute atomic E-state index is 0. The van der Waals surface area contributed by atoms with Gasteiger partial charge in [-0.2, -0.15) is 0 Å². The van der Waals surface area contributed by atoms with Crippen LogP contribution in [0.3, 0.4) is 0 Å². The number of carboxylic acid groups (broad SMARTS) is 1. The van der Waals surface area contributed by atoms with Gasteiger partial charge in [-0.15, -0.1) is 0 Å². The molecule has 0 aliphatic carbocycles. The molecule has 0 heterocycles. The van der Waals surface area contributed by atoms with Gasteiger partial charge in [0.15, 0.2) is 0 Å². The van der Waals surface area contributed by atoms with Crippen molar-refractivity contribution in [2.75, 3.05) is 6.61 Å². The first-order chi connectivity index (χ1) is 4.66. The molecule has 0 bridgehead atoms. The van der Waals surface area contributed by atoms with Gasteiger partial charge in [-0.25, -0.2) is 4.79 Å². The Morgan fingerprint density at radius 2 is 2.18 bits per heavy atom. The van der Waals surface area contributed by atoms with Gasteiger partial charge in [0.05, 0.1) is 6.42 Å². The molecule has 0 rings (SSSR count). The van der Waals surface area contributed by atoms with Crippen LogP contribution in [-0.4, -0.2) is 46.7 Å². The van der Waals surface area contributed by atoms with Crippen LogP contribution in [0.25, 0.3) is 0 Å². The van der Waals surface area contributed by atoms with Gasteiger partial charge in [-0.1, -0.05) is 6.58 Å². The molecule has 0 amide bonds. The van der Waals surface area contributed by atoms with Crippen molar-refractivity contribution in [3.8, 4) is 0 Å². The van der Waals surface area contributed by atoms with E-state index in [2.05, 4.69) is 11.3 Å². The minimum Gasteiger partial charge on any atom is -1.00 e. The van der Waals surface area contributed by atoms with E-state index in [1.54, 1.807) is 0 Å². The zero-order valence-corrected chi connectivity index (χ0v) is 7.49. The van der Waals surface area contributed by atoms with Crippen LogP contribution in [0.5, 0.6) is 0 Å². The number of ether oxygens (including phenoxy) is 1. The van der Waals surface area contributed by atoms with Crippen LogP contribution in [-0.2, 0) is 14.3 Å². The van der Waals surface area contributed by atoms with Crippen LogP contribution in [0, 0.1) is 0 Å². The Bertz CT molecular complexity index is 163. The Hall–Kier alpha value is -0.554. The topological polar surface area (TPSA) is 63.6 Å². The molecule has 0 aromatic heterocycles. The summed E-state index contributed by atoms with van der Waals surface area (Å²) < 4.78 is 4.36. The molecule has 0 saturated heterocycles. The van der Waals surface area contributed by atoms with Crippen molar-refractivity contribution in [3.63, 3.8) is 0 Å². The second-order valence-electron chi connectivity index (χ2n) is 1.52. The fourth-order valence-electron chi connectivity index (χ4n) is 0.298. The van der Waals surface area contributed by atoms with Crippen LogP contribution < -0.4 is 0 Å². The van der Waals surface area contributed by atoms with Crippen LogP contribution in [0.1, 0.15) is 9.27 Å². The van der Waals surface area contributed by atoms with Gasteiger partial charge in [0.2, 0.25) is 0 Å². The Balaban J connectivity index is -0.000000135. The monoisotopic (exact) mass is 170 g/mol. The molecule has 0 aromatic rings. The first kappa shape index (κ1) is 13.1. The predicted molar refractivity (Wildman–Crippen MR) is 41.4 cm³/mol. The molecule has 0 spiro atoms. The van der Waals surface area contributed by atoms with E-state index in [-0.39, 0.29) is 38.9 Å². The Morgan fingerprint density at radius 1 is 1.64 bits per heavy atom. The van der Waals surface area contributed by atoms with Gasteiger partial charge in [-0.3, -0.25) is 4.79 Å². The summed E-state index contributed by atoms with van der Waals surface area (Å²) in [6.45, 7) is 3.04. The van der Waals surface area contributed by atoms with E-state index in [9.17, 15) is 9.59 Å². The average Bonchev–Trinajstić information content (AvgIpc) is 1.87. The third-order valence-corrected chi connectivity index (χ3v) is 0.727. The van der Waals surface area contributed by atoms with Gasteiger partial charge < -0.3 is 12.7 Å². The van der Waals surface area contributed by atoms with E-state index in [1.807, 2.05) is 0 Å². The van der Waals surface area contributed by atoms with Gasteiger partial charge in [-0.05, 0) is 0 Å². The summed E-state index contributed by atoms with van der Waals surface area (Å²) in [5.74, 6) is -1.59. The fourth-order valence-corrected chi connectivity index (χ4v) is 0.298. The maximum Gasteiger partial charge on any atom is 2.00 e. The molecule has 5 heteroatoms. The molecule has 0 atom stereocenters. The molecule has 4 nitrogen and oxygen atoms in total. The molecule has 0 unspecified atom stereocenters. The number of esters is 1. The minimum atomic E-state index is -0.989. The van der Waals surface area contributed by atoms with Gasteiger partial charge >= 0.3 is 35.0 Å². The number of carboxylic acids is 1. The first-order valence-corrected chi connectivity index (χ1v) is 2.68. The van der Waals surface area contributed by atoms with Crippen LogP contribution in [0.15, 0.2) is 12.7 Å². The number of carbonyl (C=O) groups excluding carboxylic acids is 1. The van der Waals surface area contributed by atoms with Gasteiger partial charge in [0.1, 0.15) is 6.61 Å². The van der Waals surface area contributed by atoms with Crippen molar-refractivity contribution in [1.29, 1.82) is 0 Å². The second-order valence-corrected chi connectivity index (χ2v) is 1.52. The zero-order valence-electron chi connectivity index (χ0n) is 8.08. The quantitative estimate of drug-likeness (QED) is 0.367. The van der Waals surface area contributed by atoms with E-state index >= 15 is 0 Å². The van der Waals surface area contributed by atoms with Crippen molar-refractivity contribution in [2.45, 2.75) is 6.42 Å². The van der Waals surface area contributed by atoms with Gasteiger partial charge in [0.25, 0.3) is 0 Å². The number of hydrogen-bond donors (Lipinski definition) is 1. The molecule has 0 saturated carbocycles. The summed E-state index contributed by atoms with van der Waals surface area (Å²) in [5, 5.41) is 8.08. The predicted octanol–water partition coefficient (Wildman–Crippen LogP) is 0.0345. The summed E-state index contributed by atoms with van der Waals surface area (Å²) in [6, 6.07) is 0. The van der Waals surface area contributed by atoms with Crippen LogP contribution >= 0.6 is 0 Å². The number of rotatable bonds is 4. The van der Waals surface area contributed by atoms with Crippen molar-refractivity contribution in [3.05, 3.63) is 12.7 Å². The molecular formula is C6H10MgO4. The summed E-state index contributed by atoms with van der Waals surface area (Å²) >= 11 is 0. The second kappa shape index (κ2) is 7.55. The van der Waals surface area contributed by atoms with E-state index in [1.165, 1.54) is 0 Å². The summed E-state index contributed by atoms with van der Waals surface area (Å²) in [7, 11) is 0. The molecule has 0 aliphatic heterocycles. The van der Waals surface area contributed by atoms with Gasteiger partial charge in [0, 0.05) is 6.08 Å². The molecular weight excluding hydrogens is 160 g/mol. The van der Waals surface area contributed by atoms with Crippen molar-refractivity contribution >= 4 is 35.0 Å². The summed E-state index contributed by atoms with van der Waals surface area (Å²) in [5.41, 5.74) is 0. The van der Waals surface area contributed by atoms with Crippen LogP contribution in [0.4, 0.5) is 0 Å². The maximum absolute atomic E-state index is 10.3. The molecule has 1 N–H and O–H groups in total. The Labute approximate surface area is 83.3 Å². The normalized spacial score (nSPS) is 7.64. The Morgan fingerprint density at radius 3 is 2.55 bits per heavy atom. The average molecular weight is 170 g/mol. The molecule has 11 heavy (non-hydrogen) atoms. The standard InChI is InChI=1S/C6H8O4.Mg.2H/c1-2-6(9)10-4-3-5(7)8;;;/h2H,1,3-4H2,(H,7,8);;;/q;+2;2*-1. The number of hydrogen-bond acceptors (Lipinski definition) is 3. The summed E-state index contributed by atoms with van der Waals surface area (Å²) in [6.07, 6.45) is 0.821. The van der Waals surface area contributed by atoms with E-state index < -0.39 is 11.9 Å².